The zero-order valence-corrected chi connectivity index (χ0v) is 14.1. The predicted molar refractivity (Wildman–Crippen MR) is 93.5 cm³/mol. The monoisotopic (exact) mass is 374 g/mol. The molecule has 0 fully saturated rings. The van der Waals surface area contributed by atoms with E-state index in [-0.39, 0.29) is 5.30 Å². The van der Waals surface area contributed by atoms with E-state index < -0.39 is 13.0 Å². The van der Waals surface area contributed by atoms with Crippen molar-refractivity contribution < 1.29 is 8.96 Å². The van der Waals surface area contributed by atoms with E-state index in [1.54, 1.807) is 36.4 Å². The van der Waals surface area contributed by atoms with Crippen molar-refractivity contribution in [1.82, 2.24) is 0 Å². The zero-order valence-electron chi connectivity index (χ0n) is 11.6. The molecule has 0 aliphatic heterocycles. The van der Waals surface area contributed by atoms with E-state index in [0.29, 0.717) is 15.1 Å². The topological polar surface area (TPSA) is 17.1 Å². The molecular formula is C18H13BrFOP. The molecule has 0 aliphatic carbocycles. The molecular weight excluding hydrogens is 362 g/mol. The van der Waals surface area contributed by atoms with Crippen molar-refractivity contribution in [2.24, 2.45) is 0 Å². The van der Waals surface area contributed by atoms with Gasteiger partial charge in [-0.2, -0.15) is 0 Å². The molecule has 0 unspecified atom stereocenters. The summed E-state index contributed by atoms with van der Waals surface area (Å²) in [4.78, 5) is 0. The molecule has 1 nitrogen and oxygen atoms in total. The molecule has 4 heteroatoms. The lowest BCUT2D eigenvalue weighted by atomic mass is 10.3. The molecule has 0 amide bonds. The molecule has 0 heterocycles. The van der Waals surface area contributed by atoms with Crippen LogP contribution in [-0.4, -0.2) is 0 Å². The average molecular weight is 375 g/mol. The van der Waals surface area contributed by atoms with Crippen LogP contribution in [0.4, 0.5) is 4.39 Å². The summed E-state index contributed by atoms with van der Waals surface area (Å²) >= 11 is 3.35. The summed E-state index contributed by atoms with van der Waals surface area (Å²) in [6.45, 7) is 0. The normalized spacial score (nSPS) is 11.4. The van der Waals surface area contributed by atoms with E-state index in [2.05, 4.69) is 15.9 Å². The van der Waals surface area contributed by atoms with Gasteiger partial charge in [0, 0.05) is 15.1 Å². The molecule has 3 rings (SSSR count). The van der Waals surface area contributed by atoms with Gasteiger partial charge in [-0.15, -0.1) is 0 Å². The standard InChI is InChI=1S/C18H13BrFOP/c19-14-11-12-17(20)18(13-14)22(21,15-7-3-1-4-8-15)16-9-5-2-6-10-16/h1-13H. The fourth-order valence-electron chi connectivity index (χ4n) is 2.43. The van der Waals surface area contributed by atoms with Gasteiger partial charge < -0.3 is 4.57 Å². The minimum atomic E-state index is -3.25. The van der Waals surface area contributed by atoms with Crippen LogP contribution in [0.25, 0.3) is 0 Å². The summed E-state index contributed by atoms with van der Waals surface area (Å²) in [6.07, 6.45) is 0. The summed E-state index contributed by atoms with van der Waals surface area (Å²) in [7, 11) is -3.25. The van der Waals surface area contributed by atoms with E-state index in [1.807, 2.05) is 36.4 Å². The largest absolute Gasteiger partial charge is 0.309 e. The van der Waals surface area contributed by atoms with Crippen LogP contribution in [0.2, 0.25) is 0 Å². The zero-order chi connectivity index (χ0) is 15.6. The second-order valence-corrected chi connectivity index (χ2v) is 8.52. The Morgan fingerprint density at radius 2 is 1.27 bits per heavy atom. The number of hydrogen-bond acceptors (Lipinski definition) is 1. The first-order valence-electron chi connectivity index (χ1n) is 6.79. The molecule has 0 saturated heterocycles. The minimum absolute atomic E-state index is 0.222. The maximum absolute atomic E-state index is 14.4. The lowest BCUT2D eigenvalue weighted by Crippen LogP contribution is -2.27. The van der Waals surface area contributed by atoms with Gasteiger partial charge in [0.25, 0.3) is 0 Å². The van der Waals surface area contributed by atoms with Gasteiger partial charge in [0.15, 0.2) is 7.14 Å². The van der Waals surface area contributed by atoms with E-state index >= 15 is 0 Å². The summed E-state index contributed by atoms with van der Waals surface area (Å²) < 4.78 is 29.1. The molecule has 0 N–H and O–H groups in total. The molecule has 0 spiro atoms. The van der Waals surface area contributed by atoms with Crippen molar-refractivity contribution in [2.45, 2.75) is 0 Å². The third-order valence-electron chi connectivity index (χ3n) is 3.49. The maximum atomic E-state index is 14.4. The average Bonchev–Trinajstić information content (AvgIpc) is 2.58. The van der Waals surface area contributed by atoms with Crippen molar-refractivity contribution in [3.63, 3.8) is 0 Å². The Hall–Kier alpha value is -1.70. The molecule has 3 aromatic rings. The van der Waals surface area contributed by atoms with Gasteiger partial charge >= 0.3 is 0 Å². The van der Waals surface area contributed by atoms with Crippen LogP contribution in [0.1, 0.15) is 0 Å². The molecule has 0 saturated carbocycles. The minimum Gasteiger partial charge on any atom is -0.309 e. The van der Waals surface area contributed by atoms with E-state index in [9.17, 15) is 8.96 Å². The van der Waals surface area contributed by atoms with Gasteiger partial charge in [0.1, 0.15) is 5.82 Å². The Morgan fingerprint density at radius 3 is 1.77 bits per heavy atom. The number of rotatable bonds is 3. The van der Waals surface area contributed by atoms with Gasteiger partial charge in [-0.25, -0.2) is 4.39 Å². The highest BCUT2D eigenvalue weighted by Crippen LogP contribution is 2.43. The van der Waals surface area contributed by atoms with Gasteiger partial charge in [0.05, 0.1) is 5.30 Å². The Balaban J connectivity index is 2.34. The Kier molecular flexibility index (Phi) is 4.28. The van der Waals surface area contributed by atoms with E-state index in [0.717, 1.165) is 0 Å². The first-order chi connectivity index (χ1) is 10.6. The first-order valence-corrected chi connectivity index (χ1v) is 9.29. The third-order valence-corrected chi connectivity index (χ3v) is 7.05. The van der Waals surface area contributed by atoms with Crippen LogP contribution in [0.15, 0.2) is 83.3 Å². The van der Waals surface area contributed by atoms with Gasteiger partial charge in [0.2, 0.25) is 0 Å². The van der Waals surface area contributed by atoms with Crippen LogP contribution in [0, 0.1) is 5.82 Å². The number of halogens is 2. The summed E-state index contributed by atoms with van der Waals surface area (Å²) in [5, 5.41) is 1.47. The SMILES string of the molecule is O=P(c1ccccc1)(c1ccccc1)c1cc(Br)ccc1F. The maximum Gasteiger partial charge on any atom is 0.173 e. The van der Waals surface area contributed by atoms with Crippen LogP contribution in [0.5, 0.6) is 0 Å². The van der Waals surface area contributed by atoms with Crippen molar-refractivity contribution in [1.29, 1.82) is 0 Å². The number of hydrogen-bond donors (Lipinski definition) is 0. The number of benzene rings is 3. The lowest BCUT2D eigenvalue weighted by Gasteiger charge is -2.20. The van der Waals surface area contributed by atoms with Crippen LogP contribution >= 0.6 is 23.1 Å². The van der Waals surface area contributed by atoms with Crippen molar-refractivity contribution in [3.05, 3.63) is 89.2 Å². The van der Waals surface area contributed by atoms with Gasteiger partial charge in [-0.1, -0.05) is 76.6 Å². The molecule has 0 radical (unpaired) electrons. The summed E-state index contributed by atoms with van der Waals surface area (Å²) in [5.41, 5.74) is 0. The first kappa shape index (κ1) is 15.2. The van der Waals surface area contributed by atoms with Crippen LogP contribution in [-0.2, 0) is 4.57 Å². The van der Waals surface area contributed by atoms with Gasteiger partial charge in [-0.3, -0.25) is 0 Å². The Labute approximate surface area is 137 Å². The Bertz CT molecular complexity index is 791. The van der Waals surface area contributed by atoms with Crippen molar-refractivity contribution >= 4 is 39.0 Å². The summed E-state index contributed by atoms with van der Waals surface area (Å²) in [5.74, 6) is -0.459. The molecule has 110 valence electrons. The van der Waals surface area contributed by atoms with Crippen molar-refractivity contribution in [2.75, 3.05) is 0 Å². The highest BCUT2D eigenvalue weighted by Gasteiger charge is 2.32. The molecule has 0 aliphatic rings. The Morgan fingerprint density at radius 1 is 0.773 bits per heavy atom. The predicted octanol–water partition coefficient (Wildman–Crippen LogP) is 4.23. The van der Waals surface area contributed by atoms with Crippen LogP contribution in [0.3, 0.4) is 0 Å². The second kappa shape index (κ2) is 6.20. The fraction of sp³-hybridized carbons (Fsp3) is 0. The van der Waals surface area contributed by atoms with E-state index in [1.165, 1.54) is 6.07 Å². The highest BCUT2D eigenvalue weighted by atomic mass is 79.9. The molecule has 3 aromatic carbocycles. The fourth-order valence-corrected chi connectivity index (χ4v) is 5.70. The lowest BCUT2D eigenvalue weighted by molar-refractivity contribution is 0.589. The van der Waals surface area contributed by atoms with Crippen LogP contribution < -0.4 is 15.9 Å². The highest BCUT2D eigenvalue weighted by molar-refractivity contribution is 9.10. The molecule has 0 bridgehead atoms. The molecule has 0 aromatic heterocycles. The molecule has 22 heavy (non-hydrogen) atoms. The quantitative estimate of drug-likeness (QED) is 0.627. The third kappa shape index (κ3) is 2.67. The van der Waals surface area contributed by atoms with E-state index in [4.69, 9.17) is 0 Å². The molecule has 0 atom stereocenters. The smallest absolute Gasteiger partial charge is 0.173 e. The van der Waals surface area contributed by atoms with Crippen molar-refractivity contribution in [3.8, 4) is 0 Å². The van der Waals surface area contributed by atoms with Gasteiger partial charge in [-0.05, 0) is 18.2 Å². The second-order valence-electron chi connectivity index (χ2n) is 4.88. The summed E-state index contributed by atoms with van der Waals surface area (Å²) in [6, 6.07) is 22.7.